The van der Waals surface area contributed by atoms with E-state index in [1.165, 1.54) is 11.8 Å². The molecule has 0 amide bonds. The molecule has 2 atom stereocenters. The van der Waals surface area contributed by atoms with E-state index in [0.29, 0.717) is 47.1 Å². The van der Waals surface area contributed by atoms with Crippen LogP contribution >= 0.6 is 23.4 Å². The number of aliphatic hydroxyl groups excluding tert-OH is 1. The van der Waals surface area contributed by atoms with Gasteiger partial charge in [0.2, 0.25) is 0 Å². The molecule has 34 heavy (non-hydrogen) atoms. The maximum atomic E-state index is 12.8. The lowest BCUT2D eigenvalue weighted by molar-refractivity contribution is 0.0973. The molecule has 3 saturated heterocycles. The van der Waals surface area contributed by atoms with Gasteiger partial charge in [-0.15, -0.1) is 0 Å². The summed E-state index contributed by atoms with van der Waals surface area (Å²) in [4.78, 5) is 18.7. The van der Waals surface area contributed by atoms with E-state index in [4.69, 9.17) is 22.1 Å². The van der Waals surface area contributed by atoms with Crippen LogP contribution < -0.4 is 15.5 Å². The highest BCUT2D eigenvalue weighted by Gasteiger charge is 2.47. The summed E-state index contributed by atoms with van der Waals surface area (Å²) in [5, 5.41) is 11.2. The van der Waals surface area contributed by atoms with E-state index in [2.05, 4.69) is 19.9 Å². The number of anilines is 2. The first-order valence-electron chi connectivity index (χ1n) is 11.7. The van der Waals surface area contributed by atoms with Crippen LogP contribution in [0.5, 0.6) is 0 Å². The summed E-state index contributed by atoms with van der Waals surface area (Å²) in [6.07, 6.45) is 5.35. The maximum Gasteiger partial charge on any atom is 0.152 e. The maximum absolute atomic E-state index is 12.8. The Hall–Kier alpha value is -1.72. The van der Waals surface area contributed by atoms with E-state index >= 15 is 0 Å². The fraction of sp³-hybridized carbons (Fsp3) is 0.609. The SMILES string of the molecule is C[C@@H]1OCC2(CCN(c3ncc(Sc4ccnc(N5CC(CF)C5)c4Cl)nc3CO)CC2)[C@@H]1N. The number of aliphatic hydroxyl groups is 1. The van der Waals surface area contributed by atoms with E-state index in [9.17, 15) is 9.50 Å². The molecule has 0 aliphatic carbocycles. The van der Waals surface area contributed by atoms with Crippen molar-refractivity contribution >= 4 is 35.0 Å². The third-order valence-electron chi connectivity index (χ3n) is 7.38. The second-order valence-electron chi connectivity index (χ2n) is 9.50. The van der Waals surface area contributed by atoms with Gasteiger partial charge >= 0.3 is 0 Å². The zero-order chi connectivity index (χ0) is 23.9. The van der Waals surface area contributed by atoms with E-state index in [0.717, 1.165) is 30.8 Å². The summed E-state index contributed by atoms with van der Waals surface area (Å²) in [6, 6.07) is 1.88. The molecular formula is C23H30ClFN6O2S. The van der Waals surface area contributed by atoms with Gasteiger partial charge in [0.05, 0.1) is 37.2 Å². The number of hydrogen-bond acceptors (Lipinski definition) is 9. The average Bonchev–Trinajstić information content (AvgIpc) is 3.09. The molecule has 0 unspecified atom stereocenters. The van der Waals surface area contributed by atoms with Gasteiger partial charge in [0.15, 0.2) is 5.82 Å². The summed E-state index contributed by atoms with van der Waals surface area (Å²) in [6.45, 7) is 5.05. The van der Waals surface area contributed by atoms with Crippen molar-refractivity contribution in [2.45, 2.75) is 48.4 Å². The van der Waals surface area contributed by atoms with E-state index in [-0.39, 0.29) is 36.8 Å². The van der Waals surface area contributed by atoms with Crippen LogP contribution in [0.3, 0.4) is 0 Å². The molecule has 5 heterocycles. The summed E-state index contributed by atoms with van der Waals surface area (Å²) in [7, 11) is 0. The summed E-state index contributed by atoms with van der Waals surface area (Å²) >= 11 is 8.00. The van der Waals surface area contributed by atoms with E-state index in [1.807, 2.05) is 17.9 Å². The Morgan fingerprint density at radius 2 is 2.03 bits per heavy atom. The van der Waals surface area contributed by atoms with Gasteiger partial charge in [-0.1, -0.05) is 23.4 Å². The molecular weight excluding hydrogens is 479 g/mol. The van der Waals surface area contributed by atoms with Crippen LogP contribution in [-0.4, -0.2) is 71.7 Å². The quantitative estimate of drug-likeness (QED) is 0.609. The molecule has 0 aromatic carbocycles. The van der Waals surface area contributed by atoms with Crippen molar-refractivity contribution in [2.24, 2.45) is 17.1 Å². The molecule has 3 aliphatic rings. The second kappa shape index (κ2) is 9.73. The van der Waals surface area contributed by atoms with Crippen molar-refractivity contribution in [3.63, 3.8) is 0 Å². The lowest BCUT2D eigenvalue weighted by Crippen LogP contribution is -2.51. The Balaban J connectivity index is 1.29. The predicted molar refractivity (Wildman–Crippen MR) is 130 cm³/mol. The molecule has 0 radical (unpaired) electrons. The number of pyridine rings is 1. The zero-order valence-corrected chi connectivity index (χ0v) is 20.7. The van der Waals surface area contributed by atoms with Crippen molar-refractivity contribution in [1.82, 2.24) is 15.0 Å². The standard InChI is InChI=1S/C23H30ClFN6O2S/c1-14-20(26)23(13-33-14)3-6-30(7-4-23)21-16(12-32)29-18(9-28-21)34-17-2-5-27-22(19(17)24)31-10-15(8-25)11-31/h2,5,9,14-15,20,32H,3-4,6-8,10-13,26H2,1H3/t14-,20+/m0/s1. The zero-order valence-electron chi connectivity index (χ0n) is 19.2. The summed E-state index contributed by atoms with van der Waals surface area (Å²) < 4.78 is 18.6. The van der Waals surface area contributed by atoms with Gasteiger partial charge in [-0.25, -0.2) is 15.0 Å². The van der Waals surface area contributed by atoms with Gasteiger partial charge in [-0.3, -0.25) is 4.39 Å². The van der Waals surface area contributed by atoms with Gasteiger partial charge in [-0.05, 0) is 25.8 Å². The van der Waals surface area contributed by atoms with Crippen LogP contribution in [0.4, 0.5) is 16.0 Å². The molecule has 5 rings (SSSR count). The number of aromatic nitrogens is 3. The first kappa shape index (κ1) is 24.0. The fourth-order valence-electron chi connectivity index (χ4n) is 5.13. The van der Waals surface area contributed by atoms with Crippen LogP contribution in [0.1, 0.15) is 25.5 Å². The molecule has 0 bridgehead atoms. The average molecular weight is 509 g/mol. The summed E-state index contributed by atoms with van der Waals surface area (Å²) in [5.74, 6) is 1.42. The Bertz CT molecular complexity index is 1030. The molecule has 3 fully saturated rings. The van der Waals surface area contributed by atoms with Gasteiger partial charge in [-0.2, -0.15) is 0 Å². The predicted octanol–water partition coefficient (Wildman–Crippen LogP) is 2.91. The number of alkyl halides is 1. The first-order valence-corrected chi connectivity index (χ1v) is 12.9. The lowest BCUT2D eigenvalue weighted by Gasteiger charge is -2.41. The van der Waals surface area contributed by atoms with Crippen LogP contribution in [0.15, 0.2) is 28.4 Å². The van der Waals surface area contributed by atoms with Crippen LogP contribution in [0.2, 0.25) is 5.02 Å². The highest BCUT2D eigenvalue weighted by atomic mass is 35.5. The van der Waals surface area contributed by atoms with Gasteiger partial charge in [0.1, 0.15) is 16.5 Å². The topological polar surface area (TPSA) is 101 Å². The van der Waals surface area contributed by atoms with Crippen LogP contribution in [0, 0.1) is 11.3 Å². The van der Waals surface area contributed by atoms with Gasteiger partial charge in [0.25, 0.3) is 0 Å². The first-order chi connectivity index (χ1) is 16.4. The van der Waals surface area contributed by atoms with Crippen molar-refractivity contribution in [1.29, 1.82) is 0 Å². The molecule has 184 valence electrons. The highest BCUT2D eigenvalue weighted by Crippen LogP contribution is 2.43. The molecule has 1 spiro atoms. The smallest absolute Gasteiger partial charge is 0.152 e. The number of hydrogen-bond donors (Lipinski definition) is 2. The molecule has 3 aliphatic heterocycles. The monoisotopic (exact) mass is 508 g/mol. The van der Waals surface area contributed by atoms with E-state index in [1.54, 1.807) is 12.4 Å². The van der Waals surface area contributed by atoms with Crippen LogP contribution in [-0.2, 0) is 11.3 Å². The third kappa shape index (κ3) is 4.35. The van der Waals surface area contributed by atoms with Crippen molar-refractivity contribution < 1.29 is 14.2 Å². The largest absolute Gasteiger partial charge is 0.390 e. The molecule has 2 aromatic rings. The van der Waals surface area contributed by atoms with Crippen molar-refractivity contribution in [3.8, 4) is 0 Å². The molecule has 8 nitrogen and oxygen atoms in total. The van der Waals surface area contributed by atoms with Gasteiger partial charge < -0.3 is 25.4 Å². The molecule has 3 N–H and O–H groups in total. The minimum absolute atomic E-state index is 0.0228. The summed E-state index contributed by atoms with van der Waals surface area (Å²) in [5.41, 5.74) is 7.00. The number of piperidine rings is 1. The number of nitrogens with zero attached hydrogens (tertiary/aromatic N) is 5. The Morgan fingerprint density at radius 1 is 1.26 bits per heavy atom. The number of rotatable bonds is 6. The molecule has 11 heteroatoms. The molecule has 0 saturated carbocycles. The Labute approximate surface area is 208 Å². The Morgan fingerprint density at radius 3 is 2.68 bits per heavy atom. The number of halogens is 2. The number of nitrogens with two attached hydrogens (primary N) is 1. The Kier molecular flexibility index (Phi) is 6.87. The van der Waals surface area contributed by atoms with Crippen molar-refractivity contribution in [2.75, 3.05) is 49.3 Å². The highest BCUT2D eigenvalue weighted by molar-refractivity contribution is 7.99. The minimum Gasteiger partial charge on any atom is -0.390 e. The fourth-order valence-corrected chi connectivity index (χ4v) is 6.27. The van der Waals surface area contributed by atoms with Gasteiger partial charge in [0, 0.05) is 54.6 Å². The van der Waals surface area contributed by atoms with Crippen LogP contribution in [0.25, 0.3) is 0 Å². The second-order valence-corrected chi connectivity index (χ2v) is 10.9. The normalized spacial score (nSPS) is 24.6. The minimum atomic E-state index is -0.327. The van der Waals surface area contributed by atoms with E-state index < -0.39 is 0 Å². The third-order valence-corrected chi connectivity index (χ3v) is 8.83. The molecule has 2 aromatic heterocycles. The lowest BCUT2D eigenvalue weighted by atomic mass is 9.73. The number of ether oxygens (including phenoxy) is 1. The van der Waals surface area contributed by atoms with Crippen molar-refractivity contribution in [3.05, 3.63) is 29.2 Å².